The van der Waals surface area contributed by atoms with Crippen LogP contribution in [0.4, 0.5) is 5.69 Å². The van der Waals surface area contributed by atoms with E-state index in [-0.39, 0.29) is 24.2 Å². The zero-order valence-electron chi connectivity index (χ0n) is 14.2. The monoisotopic (exact) mass is 338 g/mol. The highest BCUT2D eigenvalue weighted by atomic mass is 35.5. The molecule has 0 aliphatic heterocycles. The molecule has 0 heterocycles. The Morgan fingerprint density at radius 3 is 2.48 bits per heavy atom. The fourth-order valence-electron chi connectivity index (χ4n) is 3.44. The number of carbonyl (C=O) groups excluding carboxylic acids is 1. The van der Waals surface area contributed by atoms with E-state index in [0.29, 0.717) is 6.54 Å². The number of rotatable bonds is 7. The third kappa shape index (κ3) is 6.82. The number of nitrogen functional groups attached to an aromatic ring is 1. The number of carbonyl (C=O) groups is 1. The van der Waals surface area contributed by atoms with E-state index in [4.69, 9.17) is 5.73 Å². The van der Waals surface area contributed by atoms with Gasteiger partial charge in [-0.1, -0.05) is 51.2 Å². The van der Waals surface area contributed by atoms with Gasteiger partial charge in [0, 0.05) is 18.2 Å². The molecule has 1 aliphatic carbocycles. The quantitative estimate of drug-likeness (QED) is 0.726. The van der Waals surface area contributed by atoms with Crippen molar-refractivity contribution in [1.29, 1.82) is 0 Å². The fraction of sp³-hybridized carbons (Fsp3) is 0.632. The number of nitrogens with one attached hydrogen (secondary N) is 1. The smallest absolute Gasteiger partial charge is 0.223 e. The van der Waals surface area contributed by atoms with Crippen LogP contribution in [0, 0.1) is 11.8 Å². The van der Waals surface area contributed by atoms with Gasteiger partial charge in [-0.3, -0.25) is 4.79 Å². The van der Waals surface area contributed by atoms with Gasteiger partial charge in [0.1, 0.15) is 0 Å². The second kappa shape index (κ2) is 10.5. The number of benzene rings is 1. The van der Waals surface area contributed by atoms with Crippen LogP contribution in [-0.4, -0.2) is 12.5 Å². The molecular formula is C19H31ClN2O. The Morgan fingerprint density at radius 1 is 1.22 bits per heavy atom. The van der Waals surface area contributed by atoms with Crippen molar-refractivity contribution < 1.29 is 4.79 Å². The summed E-state index contributed by atoms with van der Waals surface area (Å²) < 4.78 is 0. The Hall–Kier alpha value is -1.22. The third-order valence-corrected chi connectivity index (χ3v) is 4.90. The maximum absolute atomic E-state index is 12.4. The van der Waals surface area contributed by atoms with Gasteiger partial charge >= 0.3 is 0 Å². The van der Waals surface area contributed by atoms with E-state index in [1.165, 1.54) is 37.7 Å². The first-order chi connectivity index (χ1) is 10.7. The molecule has 0 spiro atoms. The van der Waals surface area contributed by atoms with Gasteiger partial charge in [-0.2, -0.15) is 0 Å². The van der Waals surface area contributed by atoms with Gasteiger partial charge in [0.2, 0.25) is 5.91 Å². The number of amides is 1. The maximum Gasteiger partial charge on any atom is 0.223 e. The van der Waals surface area contributed by atoms with Crippen molar-refractivity contribution in [3.63, 3.8) is 0 Å². The van der Waals surface area contributed by atoms with Gasteiger partial charge in [0.25, 0.3) is 0 Å². The molecule has 4 heteroatoms. The van der Waals surface area contributed by atoms with Crippen LogP contribution in [0.1, 0.15) is 57.4 Å². The molecule has 1 amide bonds. The largest absolute Gasteiger partial charge is 0.399 e. The highest BCUT2D eigenvalue weighted by molar-refractivity contribution is 5.85. The Bertz CT molecular complexity index is 455. The highest BCUT2D eigenvalue weighted by Gasteiger charge is 2.22. The average Bonchev–Trinajstić information content (AvgIpc) is 2.55. The molecule has 130 valence electrons. The summed E-state index contributed by atoms with van der Waals surface area (Å²) in [5.74, 6) is 1.19. The summed E-state index contributed by atoms with van der Waals surface area (Å²) >= 11 is 0. The number of halogens is 1. The van der Waals surface area contributed by atoms with Crippen LogP contribution in [0.15, 0.2) is 24.3 Å². The van der Waals surface area contributed by atoms with Crippen LogP contribution in [0.2, 0.25) is 0 Å². The van der Waals surface area contributed by atoms with Gasteiger partial charge in [-0.25, -0.2) is 0 Å². The van der Waals surface area contributed by atoms with E-state index in [2.05, 4.69) is 12.2 Å². The van der Waals surface area contributed by atoms with E-state index in [1.807, 2.05) is 24.3 Å². The van der Waals surface area contributed by atoms with Crippen LogP contribution in [0.3, 0.4) is 0 Å². The number of hydrogen-bond acceptors (Lipinski definition) is 2. The SMILES string of the molecule is CCC(CC1CCCCC1)C(=O)NCCc1ccc(N)cc1.Cl. The van der Waals surface area contributed by atoms with Crippen molar-refractivity contribution in [1.82, 2.24) is 5.32 Å². The van der Waals surface area contributed by atoms with Gasteiger partial charge < -0.3 is 11.1 Å². The van der Waals surface area contributed by atoms with Crippen LogP contribution < -0.4 is 11.1 Å². The first kappa shape index (κ1) is 19.8. The molecule has 0 bridgehead atoms. The average molecular weight is 339 g/mol. The molecule has 1 aromatic carbocycles. The molecule has 1 unspecified atom stereocenters. The van der Waals surface area contributed by atoms with Gasteiger partial charge in [0.05, 0.1) is 0 Å². The molecular weight excluding hydrogens is 308 g/mol. The second-order valence-electron chi connectivity index (χ2n) is 6.63. The van der Waals surface area contributed by atoms with Gasteiger partial charge in [-0.15, -0.1) is 12.4 Å². The van der Waals surface area contributed by atoms with E-state index >= 15 is 0 Å². The molecule has 1 fully saturated rings. The molecule has 3 nitrogen and oxygen atoms in total. The van der Waals surface area contributed by atoms with E-state index in [0.717, 1.165) is 30.9 Å². The molecule has 1 saturated carbocycles. The normalized spacial score (nSPS) is 16.4. The maximum atomic E-state index is 12.4. The second-order valence-corrected chi connectivity index (χ2v) is 6.63. The minimum absolute atomic E-state index is 0. The van der Waals surface area contributed by atoms with Gasteiger partial charge in [-0.05, 0) is 42.9 Å². The van der Waals surface area contributed by atoms with E-state index in [9.17, 15) is 4.79 Å². The number of anilines is 1. The summed E-state index contributed by atoms with van der Waals surface area (Å²) in [6.45, 7) is 2.84. The lowest BCUT2D eigenvalue weighted by molar-refractivity contribution is -0.125. The molecule has 3 N–H and O–H groups in total. The molecule has 0 radical (unpaired) electrons. The summed E-state index contributed by atoms with van der Waals surface area (Å²) in [4.78, 5) is 12.4. The Kier molecular flexibility index (Phi) is 9.08. The summed E-state index contributed by atoms with van der Waals surface area (Å²) in [6.07, 6.45) is 9.59. The van der Waals surface area contributed by atoms with Crippen molar-refractivity contribution in [3.05, 3.63) is 29.8 Å². The lowest BCUT2D eigenvalue weighted by Crippen LogP contribution is -2.33. The number of nitrogens with two attached hydrogens (primary N) is 1. The van der Waals surface area contributed by atoms with Crippen molar-refractivity contribution in [3.8, 4) is 0 Å². The first-order valence-electron chi connectivity index (χ1n) is 8.81. The highest BCUT2D eigenvalue weighted by Crippen LogP contribution is 2.30. The van der Waals surface area contributed by atoms with Crippen LogP contribution in [0.25, 0.3) is 0 Å². The molecule has 1 aliphatic rings. The summed E-state index contributed by atoms with van der Waals surface area (Å²) in [5, 5.41) is 3.12. The van der Waals surface area contributed by atoms with Crippen LogP contribution in [-0.2, 0) is 11.2 Å². The number of hydrogen-bond donors (Lipinski definition) is 2. The molecule has 2 rings (SSSR count). The van der Waals surface area contributed by atoms with E-state index < -0.39 is 0 Å². The zero-order valence-corrected chi connectivity index (χ0v) is 15.0. The Labute approximate surface area is 146 Å². The van der Waals surface area contributed by atoms with Crippen LogP contribution >= 0.6 is 12.4 Å². The molecule has 1 atom stereocenters. The lowest BCUT2D eigenvalue weighted by Gasteiger charge is -2.25. The minimum Gasteiger partial charge on any atom is -0.399 e. The Morgan fingerprint density at radius 2 is 1.87 bits per heavy atom. The summed E-state index contributed by atoms with van der Waals surface area (Å²) in [5.41, 5.74) is 7.68. The lowest BCUT2D eigenvalue weighted by atomic mass is 9.82. The topological polar surface area (TPSA) is 55.1 Å². The predicted octanol–water partition coefficient (Wildman–Crippen LogP) is 4.35. The predicted molar refractivity (Wildman–Crippen MR) is 99.8 cm³/mol. The minimum atomic E-state index is 0. The molecule has 0 saturated heterocycles. The first-order valence-corrected chi connectivity index (χ1v) is 8.81. The van der Waals surface area contributed by atoms with Crippen molar-refractivity contribution in [2.24, 2.45) is 11.8 Å². The van der Waals surface area contributed by atoms with Crippen molar-refractivity contribution in [2.45, 2.75) is 58.3 Å². The molecule has 23 heavy (non-hydrogen) atoms. The molecule has 0 aromatic heterocycles. The zero-order chi connectivity index (χ0) is 15.8. The summed E-state index contributed by atoms with van der Waals surface area (Å²) in [7, 11) is 0. The van der Waals surface area contributed by atoms with E-state index in [1.54, 1.807) is 0 Å². The van der Waals surface area contributed by atoms with Crippen molar-refractivity contribution >= 4 is 24.0 Å². The summed E-state index contributed by atoms with van der Waals surface area (Å²) in [6, 6.07) is 7.88. The van der Waals surface area contributed by atoms with Crippen LogP contribution in [0.5, 0.6) is 0 Å². The van der Waals surface area contributed by atoms with Gasteiger partial charge in [0.15, 0.2) is 0 Å². The van der Waals surface area contributed by atoms with Crippen molar-refractivity contribution in [2.75, 3.05) is 12.3 Å². The fourth-order valence-corrected chi connectivity index (χ4v) is 3.44. The third-order valence-electron chi connectivity index (χ3n) is 4.90. The molecule has 1 aromatic rings. The standard InChI is InChI=1S/C19H30N2O.ClH/c1-2-17(14-16-6-4-3-5-7-16)19(22)21-13-12-15-8-10-18(20)11-9-15;/h8-11,16-17H,2-7,12-14,20H2,1H3,(H,21,22);1H. The Balaban J connectivity index is 0.00000264.